The fourth-order valence-corrected chi connectivity index (χ4v) is 2.11. The van der Waals surface area contributed by atoms with Crippen LogP contribution in [-0.2, 0) is 11.3 Å². The van der Waals surface area contributed by atoms with Crippen LogP contribution in [0, 0.1) is 5.92 Å². The summed E-state index contributed by atoms with van der Waals surface area (Å²) < 4.78 is 5.13. The third-order valence-corrected chi connectivity index (χ3v) is 3.20. The predicted octanol–water partition coefficient (Wildman–Crippen LogP) is 1.91. The molecular formula is C14H20N2O2. The van der Waals surface area contributed by atoms with Crippen LogP contribution in [0.3, 0.4) is 0 Å². The first kappa shape index (κ1) is 12.9. The van der Waals surface area contributed by atoms with E-state index in [2.05, 4.69) is 10.6 Å². The Kier molecular flexibility index (Phi) is 5.02. The van der Waals surface area contributed by atoms with Crippen molar-refractivity contribution in [2.75, 3.05) is 19.6 Å². The minimum atomic E-state index is -0.329. The van der Waals surface area contributed by atoms with Gasteiger partial charge in [0.2, 0.25) is 0 Å². The van der Waals surface area contributed by atoms with Gasteiger partial charge in [-0.2, -0.15) is 0 Å². The van der Waals surface area contributed by atoms with Crippen LogP contribution in [0.5, 0.6) is 0 Å². The molecule has 2 N–H and O–H groups in total. The van der Waals surface area contributed by atoms with E-state index in [0.717, 1.165) is 25.1 Å². The van der Waals surface area contributed by atoms with Crippen LogP contribution in [0.25, 0.3) is 0 Å². The standard InChI is InChI=1S/C14H20N2O2/c17-14(16-9-7-12-6-8-15-10-12)18-11-13-4-2-1-3-5-13/h1-5,12,15H,6-11H2,(H,16,17)/t12-/m0/s1. The summed E-state index contributed by atoms with van der Waals surface area (Å²) in [5, 5.41) is 6.10. The van der Waals surface area contributed by atoms with Crippen molar-refractivity contribution in [3.8, 4) is 0 Å². The lowest BCUT2D eigenvalue weighted by Gasteiger charge is -2.09. The Morgan fingerprint density at radius 3 is 2.94 bits per heavy atom. The number of rotatable bonds is 5. The number of amides is 1. The highest BCUT2D eigenvalue weighted by atomic mass is 16.5. The molecule has 0 aliphatic carbocycles. The summed E-state index contributed by atoms with van der Waals surface area (Å²) in [6.07, 6.45) is 1.90. The molecule has 1 fully saturated rings. The van der Waals surface area contributed by atoms with Crippen molar-refractivity contribution in [2.45, 2.75) is 19.4 Å². The Bertz CT molecular complexity index is 361. The van der Waals surface area contributed by atoms with E-state index in [4.69, 9.17) is 4.74 Å². The van der Waals surface area contributed by atoms with Gasteiger partial charge in [0.15, 0.2) is 0 Å². The molecule has 1 saturated heterocycles. The second-order valence-electron chi connectivity index (χ2n) is 4.64. The predicted molar refractivity (Wildman–Crippen MR) is 70.2 cm³/mol. The zero-order valence-corrected chi connectivity index (χ0v) is 10.5. The van der Waals surface area contributed by atoms with Gasteiger partial charge in [0.25, 0.3) is 0 Å². The first-order chi connectivity index (χ1) is 8.84. The number of carbonyl (C=O) groups is 1. The molecule has 1 atom stereocenters. The first-order valence-corrected chi connectivity index (χ1v) is 6.50. The summed E-state index contributed by atoms with van der Waals surface area (Å²) in [5.74, 6) is 0.694. The van der Waals surface area contributed by atoms with E-state index < -0.39 is 0 Å². The van der Waals surface area contributed by atoms with Gasteiger partial charge >= 0.3 is 6.09 Å². The first-order valence-electron chi connectivity index (χ1n) is 6.50. The van der Waals surface area contributed by atoms with Gasteiger partial charge in [-0.15, -0.1) is 0 Å². The molecule has 1 aliphatic rings. The molecule has 4 nitrogen and oxygen atoms in total. The molecule has 1 aromatic carbocycles. The third kappa shape index (κ3) is 4.37. The second kappa shape index (κ2) is 7.01. The van der Waals surface area contributed by atoms with Crippen molar-refractivity contribution >= 4 is 6.09 Å². The quantitative estimate of drug-likeness (QED) is 0.837. The summed E-state index contributed by atoms with van der Waals surface area (Å²) in [7, 11) is 0. The van der Waals surface area contributed by atoms with Gasteiger partial charge in [-0.3, -0.25) is 0 Å². The molecule has 2 rings (SSSR count). The van der Waals surface area contributed by atoms with Crippen molar-refractivity contribution in [3.63, 3.8) is 0 Å². The van der Waals surface area contributed by atoms with Crippen LogP contribution in [0.4, 0.5) is 4.79 Å². The van der Waals surface area contributed by atoms with Crippen LogP contribution in [0.15, 0.2) is 30.3 Å². The maximum absolute atomic E-state index is 11.4. The van der Waals surface area contributed by atoms with Crippen LogP contribution in [-0.4, -0.2) is 25.7 Å². The van der Waals surface area contributed by atoms with E-state index in [1.807, 2.05) is 30.3 Å². The van der Waals surface area contributed by atoms with Crippen LogP contribution in [0.1, 0.15) is 18.4 Å². The van der Waals surface area contributed by atoms with Gasteiger partial charge < -0.3 is 15.4 Å². The van der Waals surface area contributed by atoms with E-state index >= 15 is 0 Å². The Labute approximate surface area is 108 Å². The Morgan fingerprint density at radius 1 is 1.39 bits per heavy atom. The molecule has 0 spiro atoms. The Balaban J connectivity index is 1.57. The highest BCUT2D eigenvalue weighted by Gasteiger charge is 2.14. The second-order valence-corrected chi connectivity index (χ2v) is 4.64. The van der Waals surface area contributed by atoms with E-state index in [1.165, 1.54) is 6.42 Å². The highest BCUT2D eigenvalue weighted by Crippen LogP contribution is 2.10. The van der Waals surface area contributed by atoms with E-state index in [1.54, 1.807) is 0 Å². The summed E-state index contributed by atoms with van der Waals surface area (Å²) >= 11 is 0. The summed E-state index contributed by atoms with van der Waals surface area (Å²) in [6.45, 7) is 3.20. The minimum absolute atomic E-state index is 0.329. The van der Waals surface area contributed by atoms with Crippen molar-refractivity contribution in [1.29, 1.82) is 0 Å². The lowest BCUT2D eigenvalue weighted by atomic mass is 10.1. The zero-order valence-electron chi connectivity index (χ0n) is 10.5. The molecule has 0 unspecified atom stereocenters. The minimum Gasteiger partial charge on any atom is -0.445 e. The van der Waals surface area contributed by atoms with Crippen molar-refractivity contribution in [3.05, 3.63) is 35.9 Å². The summed E-state index contributed by atoms with van der Waals surface area (Å²) in [6, 6.07) is 9.70. The maximum Gasteiger partial charge on any atom is 0.407 e. The molecule has 4 heteroatoms. The zero-order chi connectivity index (χ0) is 12.6. The SMILES string of the molecule is O=C(NCC[C@@H]1CCNC1)OCc1ccccc1. The number of ether oxygens (including phenoxy) is 1. The fraction of sp³-hybridized carbons (Fsp3) is 0.500. The molecule has 0 aromatic heterocycles. The lowest BCUT2D eigenvalue weighted by molar-refractivity contribution is 0.139. The van der Waals surface area contributed by atoms with Crippen molar-refractivity contribution in [2.24, 2.45) is 5.92 Å². The number of nitrogens with one attached hydrogen (secondary N) is 2. The summed E-state index contributed by atoms with van der Waals surface area (Å²) in [5.41, 5.74) is 1.01. The third-order valence-electron chi connectivity index (χ3n) is 3.20. The molecule has 1 heterocycles. The van der Waals surface area contributed by atoms with Gasteiger partial charge in [-0.25, -0.2) is 4.79 Å². The Hall–Kier alpha value is -1.55. The fourth-order valence-electron chi connectivity index (χ4n) is 2.11. The number of alkyl carbamates (subject to hydrolysis) is 1. The number of carbonyl (C=O) groups excluding carboxylic acids is 1. The van der Waals surface area contributed by atoms with Crippen LogP contribution < -0.4 is 10.6 Å². The maximum atomic E-state index is 11.4. The molecule has 1 aromatic rings. The molecule has 0 radical (unpaired) electrons. The van der Waals surface area contributed by atoms with Crippen molar-refractivity contribution < 1.29 is 9.53 Å². The lowest BCUT2D eigenvalue weighted by Crippen LogP contribution is -2.27. The number of hydrogen-bond acceptors (Lipinski definition) is 3. The molecule has 1 amide bonds. The van der Waals surface area contributed by atoms with Gasteiger partial charge in [-0.05, 0) is 37.4 Å². The van der Waals surface area contributed by atoms with E-state index in [0.29, 0.717) is 19.1 Å². The van der Waals surface area contributed by atoms with Gasteiger partial charge in [-0.1, -0.05) is 30.3 Å². The van der Waals surface area contributed by atoms with Crippen LogP contribution >= 0.6 is 0 Å². The average Bonchev–Trinajstić information content (AvgIpc) is 2.91. The Morgan fingerprint density at radius 2 is 2.22 bits per heavy atom. The summed E-state index contributed by atoms with van der Waals surface area (Å²) in [4.78, 5) is 11.4. The highest BCUT2D eigenvalue weighted by molar-refractivity contribution is 5.67. The number of benzene rings is 1. The van der Waals surface area contributed by atoms with Crippen LogP contribution in [0.2, 0.25) is 0 Å². The molecule has 0 bridgehead atoms. The monoisotopic (exact) mass is 248 g/mol. The number of hydrogen-bond donors (Lipinski definition) is 2. The molecule has 1 aliphatic heterocycles. The topological polar surface area (TPSA) is 50.4 Å². The molecule has 0 saturated carbocycles. The average molecular weight is 248 g/mol. The van der Waals surface area contributed by atoms with Gasteiger partial charge in [0, 0.05) is 6.54 Å². The molecular weight excluding hydrogens is 228 g/mol. The van der Waals surface area contributed by atoms with E-state index in [-0.39, 0.29) is 6.09 Å². The van der Waals surface area contributed by atoms with Crippen molar-refractivity contribution in [1.82, 2.24) is 10.6 Å². The molecule has 18 heavy (non-hydrogen) atoms. The van der Waals surface area contributed by atoms with Gasteiger partial charge in [0.1, 0.15) is 6.61 Å². The normalized spacial score (nSPS) is 18.6. The van der Waals surface area contributed by atoms with Gasteiger partial charge in [0.05, 0.1) is 0 Å². The molecule has 98 valence electrons. The van der Waals surface area contributed by atoms with E-state index in [9.17, 15) is 4.79 Å². The largest absolute Gasteiger partial charge is 0.445 e. The smallest absolute Gasteiger partial charge is 0.407 e.